The molecule has 0 fully saturated rings. The van der Waals surface area contributed by atoms with Crippen LogP contribution >= 0.6 is 11.6 Å². The first-order chi connectivity index (χ1) is 10.1. The second-order valence-corrected chi connectivity index (χ2v) is 4.74. The van der Waals surface area contributed by atoms with Gasteiger partial charge in [-0.15, -0.1) is 0 Å². The second-order valence-electron chi connectivity index (χ2n) is 4.33. The fourth-order valence-electron chi connectivity index (χ4n) is 1.66. The molecule has 1 heterocycles. The molecule has 1 aromatic carbocycles. The Bertz CT molecular complexity index is 715. The van der Waals surface area contributed by atoms with Crippen LogP contribution in [0.25, 0.3) is 0 Å². The summed E-state index contributed by atoms with van der Waals surface area (Å²) in [5.74, 6) is 4.88. The lowest BCUT2D eigenvalue weighted by atomic mass is 10.2. The number of anilines is 1. The van der Waals surface area contributed by atoms with Gasteiger partial charge in [0.25, 0.3) is 5.91 Å². The van der Waals surface area contributed by atoms with Gasteiger partial charge in [-0.2, -0.15) is 0 Å². The van der Waals surface area contributed by atoms with E-state index in [4.69, 9.17) is 16.7 Å². The van der Waals surface area contributed by atoms with Crippen molar-refractivity contribution in [3.63, 3.8) is 0 Å². The molecule has 0 spiro atoms. The van der Waals surface area contributed by atoms with Crippen molar-refractivity contribution in [3.05, 3.63) is 58.4 Å². The first-order valence-electron chi connectivity index (χ1n) is 6.23. The predicted molar refractivity (Wildman–Crippen MR) is 82.3 cm³/mol. The normalized spacial score (nSPS) is 9.67. The molecule has 5 heteroatoms. The first kappa shape index (κ1) is 15.0. The minimum Gasteiger partial charge on any atom is -0.384 e. The predicted octanol–water partition coefficient (Wildman–Crippen LogP) is 2.64. The van der Waals surface area contributed by atoms with Crippen molar-refractivity contribution in [1.82, 2.24) is 4.98 Å². The Morgan fingerprint density at radius 1 is 1.38 bits per heavy atom. The van der Waals surface area contributed by atoms with Crippen molar-refractivity contribution in [3.8, 4) is 11.8 Å². The smallest absolute Gasteiger partial charge is 0.274 e. The number of nitrogens with one attached hydrogen (secondary N) is 1. The highest BCUT2D eigenvalue weighted by Gasteiger charge is 2.09. The topological polar surface area (TPSA) is 62.2 Å². The van der Waals surface area contributed by atoms with Gasteiger partial charge in [0.05, 0.1) is 10.7 Å². The molecule has 21 heavy (non-hydrogen) atoms. The van der Waals surface area contributed by atoms with Crippen LogP contribution in [0.3, 0.4) is 0 Å². The molecular weight excluding hydrogens is 288 g/mol. The summed E-state index contributed by atoms with van der Waals surface area (Å²) in [5, 5.41) is 11.8. The fourth-order valence-corrected chi connectivity index (χ4v) is 1.83. The Kier molecular flexibility index (Phi) is 4.94. The lowest BCUT2D eigenvalue weighted by Gasteiger charge is -2.07. The maximum Gasteiger partial charge on any atom is 0.274 e. The summed E-state index contributed by atoms with van der Waals surface area (Å²) in [6.07, 6.45) is 1.48. The van der Waals surface area contributed by atoms with E-state index in [2.05, 4.69) is 22.1 Å². The molecule has 0 saturated carbocycles. The quantitative estimate of drug-likeness (QED) is 0.838. The van der Waals surface area contributed by atoms with E-state index in [0.717, 1.165) is 5.56 Å². The van der Waals surface area contributed by atoms with E-state index in [1.54, 1.807) is 24.3 Å². The van der Waals surface area contributed by atoms with Crippen molar-refractivity contribution in [1.29, 1.82) is 0 Å². The van der Waals surface area contributed by atoms with E-state index in [9.17, 15) is 4.79 Å². The number of amides is 1. The van der Waals surface area contributed by atoms with Crippen LogP contribution in [0.5, 0.6) is 0 Å². The van der Waals surface area contributed by atoms with Gasteiger partial charge in [-0.3, -0.25) is 4.79 Å². The third-order valence-electron chi connectivity index (χ3n) is 2.68. The van der Waals surface area contributed by atoms with E-state index in [-0.39, 0.29) is 18.2 Å². The van der Waals surface area contributed by atoms with Gasteiger partial charge < -0.3 is 10.4 Å². The van der Waals surface area contributed by atoms with Gasteiger partial charge in [0, 0.05) is 11.8 Å². The van der Waals surface area contributed by atoms with Crippen LogP contribution in [0.15, 0.2) is 36.5 Å². The Morgan fingerprint density at radius 2 is 2.19 bits per heavy atom. The largest absolute Gasteiger partial charge is 0.384 e. The van der Waals surface area contributed by atoms with Crippen molar-refractivity contribution in [2.24, 2.45) is 0 Å². The summed E-state index contributed by atoms with van der Waals surface area (Å²) in [6, 6.07) is 8.63. The minimum absolute atomic E-state index is 0.214. The molecule has 106 valence electrons. The van der Waals surface area contributed by atoms with Gasteiger partial charge >= 0.3 is 0 Å². The highest BCUT2D eigenvalue weighted by Crippen LogP contribution is 2.23. The van der Waals surface area contributed by atoms with Crippen molar-refractivity contribution in [2.75, 3.05) is 11.9 Å². The maximum atomic E-state index is 12.1. The number of aliphatic hydroxyl groups is 1. The molecule has 4 nitrogen and oxygen atoms in total. The van der Waals surface area contributed by atoms with Crippen LogP contribution in [-0.4, -0.2) is 22.6 Å². The second kappa shape index (κ2) is 6.89. The summed E-state index contributed by atoms with van der Waals surface area (Å²) >= 11 is 6.03. The third kappa shape index (κ3) is 4.06. The number of aryl methyl sites for hydroxylation is 1. The van der Waals surface area contributed by atoms with Gasteiger partial charge in [-0.05, 0) is 36.8 Å². The Labute approximate surface area is 127 Å². The van der Waals surface area contributed by atoms with Crippen LogP contribution < -0.4 is 5.32 Å². The molecule has 2 aromatic rings. The van der Waals surface area contributed by atoms with Gasteiger partial charge in [0.1, 0.15) is 12.3 Å². The highest BCUT2D eigenvalue weighted by atomic mass is 35.5. The lowest BCUT2D eigenvalue weighted by molar-refractivity contribution is 0.102. The zero-order valence-corrected chi connectivity index (χ0v) is 12.1. The summed E-state index contributed by atoms with van der Waals surface area (Å²) in [6.45, 7) is 1.70. The van der Waals surface area contributed by atoms with Crippen molar-refractivity contribution < 1.29 is 9.90 Å². The van der Waals surface area contributed by atoms with Gasteiger partial charge in [0.2, 0.25) is 0 Å². The van der Waals surface area contributed by atoms with Crippen molar-refractivity contribution >= 4 is 23.2 Å². The molecule has 0 radical (unpaired) electrons. The maximum absolute atomic E-state index is 12.1. The Balaban J connectivity index is 2.15. The molecule has 0 atom stereocenters. The minimum atomic E-state index is -0.343. The molecule has 1 amide bonds. The standard InChI is InChI=1S/C16H13ClN2O2/c1-11-4-6-13(17)15(9-11)19-16(21)14-7-5-12(10-18-14)3-2-8-20/h4-7,9-10,20H,8H2,1H3,(H,19,21). The molecule has 0 unspecified atom stereocenters. The van der Waals surface area contributed by atoms with Crippen LogP contribution in [0.1, 0.15) is 21.6 Å². The third-order valence-corrected chi connectivity index (χ3v) is 3.01. The summed E-state index contributed by atoms with van der Waals surface area (Å²) in [7, 11) is 0. The summed E-state index contributed by atoms with van der Waals surface area (Å²) < 4.78 is 0. The molecule has 0 aliphatic heterocycles. The number of hydrogen-bond donors (Lipinski definition) is 2. The summed E-state index contributed by atoms with van der Waals surface area (Å²) in [4.78, 5) is 16.1. The zero-order valence-electron chi connectivity index (χ0n) is 11.4. The SMILES string of the molecule is Cc1ccc(Cl)c(NC(=O)c2ccc(C#CCO)cn2)c1. The molecule has 0 aliphatic rings. The van der Waals surface area contributed by atoms with Crippen molar-refractivity contribution in [2.45, 2.75) is 6.92 Å². The molecule has 0 aliphatic carbocycles. The monoisotopic (exact) mass is 300 g/mol. The fraction of sp³-hybridized carbons (Fsp3) is 0.125. The van der Waals surface area contributed by atoms with Crippen LogP contribution in [0, 0.1) is 18.8 Å². The number of pyridine rings is 1. The van der Waals surface area contributed by atoms with E-state index in [1.165, 1.54) is 6.20 Å². The van der Waals surface area contributed by atoms with E-state index < -0.39 is 0 Å². The number of rotatable bonds is 2. The van der Waals surface area contributed by atoms with Crippen LogP contribution in [-0.2, 0) is 0 Å². The van der Waals surface area contributed by atoms with E-state index in [1.807, 2.05) is 13.0 Å². The van der Waals surface area contributed by atoms with Crippen LogP contribution in [0.2, 0.25) is 5.02 Å². The highest BCUT2D eigenvalue weighted by molar-refractivity contribution is 6.33. The zero-order chi connectivity index (χ0) is 15.2. The number of halogens is 1. The van der Waals surface area contributed by atoms with Gasteiger partial charge in [0.15, 0.2) is 0 Å². The molecule has 0 saturated heterocycles. The molecular formula is C16H13ClN2O2. The average Bonchev–Trinajstić information content (AvgIpc) is 2.49. The number of aliphatic hydroxyl groups excluding tert-OH is 1. The Morgan fingerprint density at radius 3 is 2.86 bits per heavy atom. The molecule has 2 rings (SSSR count). The van der Waals surface area contributed by atoms with E-state index in [0.29, 0.717) is 16.3 Å². The molecule has 0 bridgehead atoms. The number of carbonyl (C=O) groups is 1. The number of benzene rings is 1. The molecule has 2 N–H and O–H groups in total. The summed E-state index contributed by atoms with van der Waals surface area (Å²) in [5.41, 5.74) is 2.45. The number of nitrogens with zero attached hydrogens (tertiary/aromatic N) is 1. The lowest BCUT2D eigenvalue weighted by Crippen LogP contribution is -2.14. The number of carbonyl (C=O) groups excluding carboxylic acids is 1. The van der Waals surface area contributed by atoms with E-state index >= 15 is 0 Å². The number of hydrogen-bond acceptors (Lipinski definition) is 3. The van der Waals surface area contributed by atoms with Gasteiger partial charge in [-0.1, -0.05) is 29.5 Å². The molecule has 1 aromatic heterocycles. The first-order valence-corrected chi connectivity index (χ1v) is 6.61. The van der Waals surface area contributed by atoms with Gasteiger partial charge in [-0.25, -0.2) is 4.98 Å². The van der Waals surface area contributed by atoms with Crippen LogP contribution in [0.4, 0.5) is 5.69 Å². The Hall–Kier alpha value is -2.35. The average molecular weight is 301 g/mol. The number of aromatic nitrogens is 1.